The fraction of sp³-hybridized carbons (Fsp3) is 0.714. The molecule has 0 bridgehead atoms. The lowest BCUT2D eigenvalue weighted by molar-refractivity contribution is -0.144. The van der Waals surface area contributed by atoms with Gasteiger partial charge in [0.2, 0.25) is 5.91 Å². The highest BCUT2D eigenvalue weighted by Crippen LogP contribution is 2.00. The minimum atomic E-state index is -0.234. The summed E-state index contributed by atoms with van der Waals surface area (Å²) in [5.41, 5.74) is 0. The van der Waals surface area contributed by atoms with Crippen LogP contribution in [0, 0.1) is 0 Å². The first-order valence-electron chi connectivity index (χ1n) is 6.72. The summed E-state index contributed by atoms with van der Waals surface area (Å²) < 4.78 is 5.05. The molecule has 0 aliphatic rings. The zero-order valence-corrected chi connectivity index (χ0v) is 11.6. The van der Waals surface area contributed by atoms with E-state index in [1.165, 1.54) is 6.08 Å². The van der Waals surface area contributed by atoms with E-state index in [0.29, 0.717) is 19.7 Å². The second-order valence-electron chi connectivity index (χ2n) is 4.21. The van der Waals surface area contributed by atoms with E-state index in [9.17, 15) is 9.59 Å². The fourth-order valence-corrected chi connectivity index (χ4v) is 1.44. The van der Waals surface area contributed by atoms with Gasteiger partial charge in [-0.1, -0.05) is 33.3 Å². The van der Waals surface area contributed by atoms with Crippen LogP contribution in [0.25, 0.3) is 0 Å². The molecule has 0 radical (unpaired) electrons. The first-order chi connectivity index (χ1) is 8.65. The van der Waals surface area contributed by atoms with Crippen LogP contribution < -0.4 is 0 Å². The lowest BCUT2D eigenvalue weighted by Gasteiger charge is -2.20. The lowest BCUT2D eigenvalue weighted by Crippen LogP contribution is -2.32. The lowest BCUT2D eigenvalue weighted by atomic mass is 10.3. The van der Waals surface area contributed by atoms with Gasteiger partial charge in [-0.15, -0.1) is 0 Å². The first-order valence-corrected chi connectivity index (χ1v) is 6.72. The van der Waals surface area contributed by atoms with Crippen LogP contribution in [0.3, 0.4) is 0 Å². The standard InChI is InChI=1S/C14H25NO3/c1-4-7-10-15(13(16)6-3)11-9-14(17)18-12-8-5-2/h6H,3-5,7-12H2,1-2H3. The molecule has 0 saturated carbocycles. The number of rotatable bonds is 10. The summed E-state index contributed by atoms with van der Waals surface area (Å²) >= 11 is 0. The highest BCUT2D eigenvalue weighted by atomic mass is 16.5. The Bertz CT molecular complexity index is 264. The second-order valence-corrected chi connectivity index (χ2v) is 4.21. The fourth-order valence-electron chi connectivity index (χ4n) is 1.44. The molecular weight excluding hydrogens is 230 g/mol. The first kappa shape index (κ1) is 16.7. The van der Waals surface area contributed by atoms with Crippen molar-refractivity contribution in [1.29, 1.82) is 0 Å². The van der Waals surface area contributed by atoms with Gasteiger partial charge in [0.05, 0.1) is 13.0 Å². The van der Waals surface area contributed by atoms with Crippen LogP contribution in [0.1, 0.15) is 46.0 Å². The van der Waals surface area contributed by atoms with E-state index < -0.39 is 0 Å². The van der Waals surface area contributed by atoms with Crippen LogP contribution in [-0.2, 0) is 14.3 Å². The minimum absolute atomic E-state index is 0.121. The number of carbonyl (C=O) groups excluding carboxylic acids is 2. The van der Waals surface area contributed by atoms with Gasteiger partial charge in [0.25, 0.3) is 0 Å². The van der Waals surface area contributed by atoms with Crippen molar-refractivity contribution in [2.75, 3.05) is 19.7 Å². The van der Waals surface area contributed by atoms with Crippen molar-refractivity contribution in [3.63, 3.8) is 0 Å². The summed E-state index contributed by atoms with van der Waals surface area (Å²) in [6, 6.07) is 0. The molecule has 0 rings (SSSR count). The predicted molar refractivity (Wildman–Crippen MR) is 72.2 cm³/mol. The number of carbonyl (C=O) groups is 2. The van der Waals surface area contributed by atoms with E-state index in [2.05, 4.69) is 13.5 Å². The minimum Gasteiger partial charge on any atom is -0.466 e. The van der Waals surface area contributed by atoms with Crippen molar-refractivity contribution in [2.45, 2.75) is 46.0 Å². The molecule has 0 spiro atoms. The zero-order chi connectivity index (χ0) is 13.8. The van der Waals surface area contributed by atoms with Gasteiger partial charge in [0.1, 0.15) is 0 Å². The molecule has 0 fully saturated rings. The normalized spacial score (nSPS) is 9.89. The number of amides is 1. The smallest absolute Gasteiger partial charge is 0.307 e. The number of nitrogens with zero attached hydrogens (tertiary/aromatic N) is 1. The van der Waals surface area contributed by atoms with Gasteiger partial charge in [0.15, 0.2) is 0 Å². The summed E-state index contributed by atoms with van der Waals surface area (Å²) in [4.78, 5) is 24.6. The summed E-state index contributed by atoms with van der Waals surface area (Å²) in [7, 11) is 0. The summed E-state index contributed by atoms with van der Waals surface area (Å²) in [6.45, 7) is 9.13. The Kier molecular flexibility index (Phi) is 10.0. The van der Waals surface area contributed by atoms with E-state index in [0.717, 1.165) is 25.7 Å². The Balaban J connectivity index is 3.97. The molecule has 0 aromatic heterocycles. The van der Waals surface area contributed by atoms with Crippen molar-refractivity contribution >= 4 is 11.9 Å². The number of esters is 1. The van der Waals surface area contributed by atoms with Crippen molar-refractivity contribution in [3.8, 4) is 0 Å². The van der Waals surface area contributed by atoms with E-state index in [1.807, 2.05) is 6.92 Å². The zero-order valence-electron chi connectivity index (χ0n) is 11.6. The Morgan fingerprint density at radius 2 is 1.83 bits per heavy atom. The third kappa shape index (κ3) is 7.87. The Morgan fingerprint density at radius 1 is 1.17 bits per heavy atom. The SMILES string of the molecule is C=CC(=O)N(CCCC)CCC(=O)OCCCC. The maximum atomic E-state index is 11.5. The Morgan fingerprint density at radius 3 is 2.39 bits per heavy atom. The van der Waals surface area contributed by atoms with Crippen LogP contribution in [-0.4, -0.2) is 36.5 Å². The van der Waals surface area contributed by atoms with E-state index >= 15 is 0 Å². The van der Waals surface area contributed by atoms with Gasteiger partial charge in [0, 0.05) is 13.1 Å². The quantitative estimate of drug-likeness (QED) is 0.342. The maximum Gasteiger partial charge on any atom is 0.307 e. The number of unbranched alkanes of at least 4 members (excludes halogenated alkanes) is 2. The monoisotopic (exact) mass is 255 g/mol. The molecule has 0 aliphatic carbocycles. The molecule has 0 unspecified atom stereocenters. The van der Waals surface area contributed by atoms with Gasteiger partial charge in [-0.3, -0.25) is 9.59 Å². The highest BCUT2D eigenvalue weighted by Gasteiger charge is 2.12. The average Bonchev–Trinajstić information content (AvgIpc) is 2.38. The molecule has 0 aliphatic heterocycles. The number of hydrogen-bond acceptors (Lipinski definition) is 3. The molecule has 104 valence electrons. The summed E-state index contributed by atoms with van der Waals surface area (Å²) in [5, 5.41) is 0. The third-order valence-corrected chi connectivity index (χ3v) is 2.61. The van der Waals surface area contributed by atoms with Crippen molar-refractivity contribution in [1.82, 2.24) is 4.90 Å². The Labute approximate surface area is 110 Å². The topological polar surface area (TPSA) is 46.6 Å². The van der Waals surface area contributed by atoms with E-state index in [1.54, 1.807) is 4.90 Å². The van der Waals surface area contributed by atoms with Gasteiger partial charge in [-0.05, 0) is 18.9 Å². The maximum absolute atomic E-state index is 11.5. The van der Waals surface area contributed by atoms with Crippen LogP contribution in [0.4, 0.5) is 0 Å². The van der Waals surface area contributed by atoms with Crippen molar-refractivity contribution < 1.29 is 14.3 Å². The molecule has 1 amide bonds. The average molecular weight is 255 g/mol. The Hall–Kier alpha value is -1.32. The molecule has 0 N–H and O–H groups in total. The van der Waals surface area contributed by atoms with Crippen LogP contribution >= 0.6 is 0 Å². The molecule has 0 aromatic carbocycles. The van der Waals surface area contributed by atoms with Gasteiger partial charge < -0.3 is 9.64 Å². The number of ether oxygens (including phenoxy) is 1. The van der Waals surface area contributed by atoms with Crippen LogP contribution in [0.5, 0.6) is 0 Å². The molecule has 0 heterocycles. The molecule has 4 heteroatoms. The molecule has 0 saturated heterocycles. The van der Waals surface area contributed by atoms with Crippen LogP contribution in [0.15, 0.2) is 12.7 Å². The van der Waals surface area contributed by atoms with Gasteiger partial charge in [-0.25, -0.2) is 0 Å². The van der Waals surface area contributed by atoms with Crippen molar-refractivity contribution in [2.24, 2.45) is 0 Å². The van der Waals surface area contributed by atoms with Crippen LogP contribution in [0.2, 0.25) is 0 Å². The van der Waals surface area contributed by atoms with Gasteiger partial charge >= 0.3 is 5.97 Å². The largest absolute Gasteiger partial charge is 0.466 e. The summed E-state index contributed by atoms with van der Waals surface area (Å²) in [5.74, 6) is -0.355. The van der Waals surface area contributed by atoms with Gasteiger partial charge in [-0.2, -0.15) is 0 Å². The van der Waals surface area contributed by atoms with E-state index in [4.69, 9.17) is 4.74 Å². The van der Waals surface area contributed by atoms with Crippen molar-refractivity contribution in [3.05, 3.63) is 12.7 Å². The summed E-state index contributed by atoms with van der Waals surface area (Å²) in [6.07, 6.45) is 5.39. The third-order valence-electron chi connectivity index (χ3n) is 2.61. The van der Waals surface area contributed by atoms with E-state index in [-0.39, 0.29) is 18.3 Å². The molecule has 18 heavy (non-hydrogen) atoms. The highest BCUT2D eigenvalue weighted by molar-refractivity contribution is 5.87. The molecular formula is C14H25NO3. The molecule has 0 aromatic rings. The number of hydrogen-bond donors (Lipinski definition) is 0. The predicted octanol–water partition coefficient (Wildman–Crippen LogP) is 2.53. The second kappa shape index (κ2) is 10.8. The molecule has 4 nitrogen and oxygen atoms in total. The molecule has 0 atom stereocenters.